The second kappa shape index (κ2) is 11.4. The molecule has 1 aliphatic rings. The van der Waals surface area contributed by atoms with E-state index in [9.17, 15) is 22.8 Å². The third-order valence-corrected chi connectivity index (χ3v) is 7.03. The highest BCUT2D eigenvalue weighted by Gasteiger charge is 2.31. The SMILES string of the molecule is CCc1c(N2CCNCC2)c(=O)c2oc(-c3ccnc(OC)c3)nc2n1CC(=O)Nc1ccc(C(F)(F)F)cc1Cl. The van der Waals surface area contributed by atoms with Crippen LogP contribution in [-0.2, 0) is 23.9 Å². The molecular weight excluding hydrogens is 565 g/mol. The van der Waals surface area contributed by atoms with Crippen molar-refractivity contribution in [1.29, 1.82) is 0 Å². The van der Waals surface area contributed by atoms with E-state index in [0.29, 0.717) is 55.4 Å². The molecule has 0 radical (unpaired) electrons. The van der Waals surface area contributed by atoms with Gasteiger partial charge < -0.3 is 29.3 Å². The fourth-order valence-corrected chi connectivity index (χ4v) is 5.01. The quantitative estimate of drug-likeness (QED) is 0.327. The number of piperazine rings is 1. The lowest BCUT2D eigenvalue weighted by Crippen LogP contribution is -2.46. The maximum Gasteiger partial charge on any atom is 0.416 e. The summed E-state index contributed by atoms with van der Waals surface area (Å²) >= 11 is 6.06. The Morgan fingerprint density at radius 2 is 1.98 bits per heavy atom. The summed E-state index contributed by atoms with van der Waals surface area (Å²) in [6.45, 7) is 4.05. The van der Waals surface area contributed by atoms with Crippen molar-refractivity contribution in [2.24, 2.45) is 0 Å². The van der Waals surface area contributed by atoms with Gasteiger partial charge in [0.25, 0.3) is 0 Å². The predicted molar refractivity (Wildman–Crippen MR) is 148 cm³/mol. The molecule has 14 heteroatoms. The van der Waals surface area contributed by atoms with Crippen LogP contribution in [0.5, 0.6) is 5.88 Å². The van der Waals surface area contributed by atoms with Gasteiger partial charge in [0, 0.05) is 49.7 Å². The number of fused-ring (bicyclic) bond motifs is 1. The van der Waals surface area contributed by atoms with Gasteiger partial charge in [-0.25, -0.2) is 4.98 Å². The minimum absolute atomic E-state index is 0.0204. The molecule has 5 rings (SSSR count). The average Bonchev–Trinajstić information content (AvgIpc) is 3.41. The summed E-state index contributed by atoms with van der Waals surface area (Å²) in [5, 5.41) is 5.57. The molecule has 3 aromatic heterocycles. The van der Waals surface area contributed by atoms with Crippen molar-refractivity contribution in [3.8, 4) is 17.3 Å². The van der Waals surface area contributed by atoms with E-state index in [0.717, 1.165) is 18.2 Å². The van der Waals surface area contributed by atoms with Crippen LogP contribution < -0.4 is 25.7 Å². The zero-order valence-corrected chi connectivity index (χ0v) is 22.9. The molecule has 4 aromatic rings. The number of carbonyl (C=O) groups excluding carboxylic acids is 1. The molecule has 0 bridgehead atoms. The van der Waals surface area contributed by atoms with Gasteiger partial charge in [0.1, 0.15) is 12.2 Å². The molecule has 10 nitrogen and oxygen atoms in total. The van der Waals surface area contributed by atoms with Crippen LogP contribution in [0, 0.1) is 0 Å². The van der Waals surface area contributed by atoms with Crippen molar-refractivity contribution >= 4 is 40.1 Å². The Bertz CT molecular complexity index is 1660. The van der Waals surface area contributed by atoms with Gasteiger partial charge in [-0.05, 0) is 30.7 Å². The molecule has 41 heavy (non-hydrogen) atoms. The average molecular weight is 591 g/mol. The lowest BCUT2D eigenvalue weighted by atomic mass is 10.1. The minimum Gasteiger partial charge on any atom is -0.481 e. The predicted octanol–water partition coefficient (Wildman–Crippen LogP) is 4.34. The highest BCUT2D eigenvalue weighted by atomic mass is 35.5. The van der Waals surface area contributed by atoms with Crippen molar-refractivity contribution in [3.63, 3.8) is 0 Å². The van der Waals surface area contributed by atoms with E-state index in [1.165, 1.54) is 13.3 Å². The smallest absolute Gasteiger partial charge is 0.416 e. The zero-order valence-electron chi connectivity index (χ0n) is 22.1. The van der Waals surface area contributed by atoms with Crippen molar-refractivity contribution in [1.82, 2.24) is 19.9 Å². The number of amides is 1. The van der Waals surface area contributed by atoms with Crippen molar-refractivity contribution < 1.29 is 27.1 Å². The number of benzene rings is 1. The standard InChI is InChI=1S/C27H26ClF3N6O4/c1-3-19-22(36-10-8-32-9-11-36)23(39)24-25(35-26(41-24)15-6-7-33-21(12-15)40-2)37(19)14-20(38)34-18-5-4-16(13-17(18)28)27(29,30)31/h4-7,12-13,32H,3,8-11,14H2,1-2H3,(H,34,38). The number of halogens is 4. The number of carbonyl (C=O) groups is 1. The Kier molecular flexibility index (Phi) is 7.91. The Balaban J connectivity index is 1.60. The largest absolute Gasteiger partial charge is 0.481 e. The molecule has 0 unspecified atom stereocenters. The van der Waals surface area contributed by atoms with Crippen LogP contribution in [0.2, 0.25) is 5.02 Å². The first-order valence-electron chi connectivity index (χ1n) is 12.8. The minimum atomic E-state index is -4.58. The molecule has 0 aliphatic carbocycles. The first-order valence-corrected chi connectivity index (χ1v) is 13.2. The van der Waals surface area contributed by atoms with Crippen LogP contribution in [0.15, 0.2) is 45.7 Å². The van der Waals surface area contributed by atoms with Crippen molar-refractivity contribution in [2.45, 2.75) is 26.1 Å². The van der Waals surface area contributed by atoms with Crippen LogP contribution in [0.4, 0.5) is 24.5 Å². The highest BCUT2D eigenvalue weighted by Crippen LogP contribution is 2.34. The number of hydrogen-bond acceptors (Lipinski definition) is 8. The summed E-state index contributed by atoms with van der Waals surface area (Å²) in [5.41, 5.74) is 0.378. The van der Waals surface area contributed by atoms with Crippen LogP contribution in [0.3, 0.4) is 0 Å². The molecule has 4 heterocycles. The van der Waals surface area contributed by atoms with E-state index in [1.54, 1.807) is 16.7 Å². The molecule has 1 aliphatic heterocycles. The number of hydrogen-bond donors (Lipinski definition) is 2. The number of nitrogens with zero attached hydrogens (tertiary/aromatic N) is 4. The first kappa shape index (κ1) is 28.4. The third-order valence-electron chi connectivity index (χ3n) is 6.72. The summed E-state index contributed by atoms with van der Waals surface area (Å²) < 4.78 is 52.0. The van der Waals surface area contributed by atoms with E-state index >= 15 is 0 Å². The number of pyridine rings is 2. The molecule has 216 valence electrons. The molecular formula is C27H26ClF3N6O4. The summed E-state index contributed by atoms with van der Waals surface area (Å²) in [4.78, 5) is 37.7. The van der Waals surface area contributed by atoms with Crippen LogP contribution in [0.25, 0.3) is 22.7 Å². The summed E-state index contributed by atoms with van der Waals surface area (Å²) in [7, 11) is 1.47. The Labute approximate surface area is 237 Å². The van der Waals surface area contributed by atoms with E-state index in [4.69, 9.17) is 20.8 Å². The van der Waals surface area contributed by atoms with Crippen LogP contribution in [0.1, 0.15) is 18.2 Å². The fourth-order valence-electron chi connectivity index (χ4n) is 4.78. The number of ether oxygens (including phenoxy) is 1. The molecule has 0 spiro atoms. The summed E-state index contributed by atoms with van der Waals surface area (Å²) in [6.07, 6.45) is -2.67. The second-order valence-electron chi connectivity index (χ2n) is 9.30. The van der Waals surface area contributed by atoms with Gasteiger partial charge in [0.15, 0.2) is 5.65 Å². The fraction of sp³-hybridized carbons (Fsp3) is 0.333. The van der Waals surface area contributed by atoms with E-state index in [2.05, 4.69) is 20.6 Å². The maximum absolute atomic E-state index is 13.8. The van der Waals surface area contributed by atoms with E-state index < -0.39 is 17.6 Å². The molecule has 1 aromatic carbocycles. The zero-order chi connectivity index (χ0) is 29.3. The van der Waals surface area contributed by atoms with Crippen molar-refractivity contribution in [2.75, 3.05) is 43.5 Å². The number of anilines is 2. The second-order valence-corrected chi connectivity index (χ2v) is 9.71. The number of methoxy groups -OCH3 is 1. The Hall–Kier alpha value is -4.10. The maximum atomic E-state index is 13.8. The number of oxazole rings is 1. The van der Waals surface area contributed by atoms with Gasteiger partial charge in [-0.3, -0.25) is 9.59 Å². The van der Waals surface area contributed by atoms with Gasteiger partial charge in [-0.2, -0.15) is 18.2 Å². The van der Waals surface area contributed by atoms with Crippen LogP contribution in [-0.4, -0.2) is 53.7 Å². The molecule has 0 saturated carbocycles. The van der Waals surface area contributed by atoms with Gasteiger partial charge in [-0.15, -0.1) is 0 Å². The van der Waals surface area contributed by atoms with E-state index in [-0.39, 0.29) is 39.8 Å². The number of nitrogens with one attached hydrogen (secondary N) is 2. The summed E-state index contributed by atoms with van der Waals surface area (Å²) in [5.74, 6) is -0.117. The highest BCUT2D eigenvalue weighted by molar-refractivity contribution is 6.33. The van der Waals surface area contributed by atoms with Gasteiger partial charge in [-0.1, -0.05) is 18.5 Å². The van der Waals surface area contributed by atoms with Gasteiger partial charge in [0.2, 0.25) is 28.7 Å². The lowest BCUT2D eigenvalue weighted by molar-refractivity contribution is -0.137. The Morgan fingerprint density at radius 3 is 2.63 bits per heavy atom. The number of alkyl halides is 3. The molecule has 2 N–H and O–H groups in total. The lowest BCUT2D eigenvalue weighted by Gasteiger charge is -2.31. The number of rotatable bonds is 7. The summed E-state index contributed by atoms with van der Waals surface area (Å²) in [6, 6.07) is 5.95. The topological polar surface area (TPSA) is 115 Å². The van der Waals surface area contributed by atoms with Gasteiger partial charge in [0.05, 0.1) is 23.4 Å². The molecule has 1 amide bonds. The van der Waals surface area contributed by atoms with Crippen molar-refractivity contribution in [3.05, 3.63) is 63.0 Å². The van der Waals surface area contributed by atoms with Crippen LogP contribution >= 0.6 is 11.6 Å². The van der Waals surface area contributed by atoms with E-state index in [1.807, 2.05) is 11.8 Å². The third kappa shape index (κ3) is 5.72. The van der Waals surface area contributed by atoms with Gasteiger partial charge >= 0.3 is 6.18 Å². The Morgan fingerprint density at radius 1 is 1.22 bits per heavy atom. The molecule has 1 fully saturated rings. The number of aromatic nitrogens is 3. The normalized spacial score (nSPS) is 14.0. The monoisotopic (exact) mass is 590 g/mol. The molecule has 0 atom stereocenters. The first-order chi connectivity index (χ1) is 19.6. The molecule has 1 saturated heterocycles.